The molecule has 0 unspecified atom stereocenters. The van der Waals surface area contributed by atoms with Gasteiger partial charge >= 0.3 is 0 Å². The van der Waals surface area contributed by atoms with Crippen molar-refractivity contribution >= 4 is 6.29 Å². The summed E-state index contributed by atoms with van der Waals surface area (Å²) in [5.41, 5.74) is 2.06. The monoisotopic (exact) mass is 232 g/mol. The number of nitrogens with zero attached hydrogens (tertiary/aromatic N) is 2. The minimum atomic E-state index is -0.291. The van der Waals surface area contributed by atoms with Crippen LogP contribution in [0.1, 0.15) is 35.8 Å². The lowest BCUT2D eigenvalue weighted by Crippen LogP contribution is -1.97. The molecule has 0 aliphatic rings. The number of benzene rings is 1. The Morgan fingerprint density at radius 2 is 1.94 bits per heavy atom. The van der Waals surface area contributed by atoms with Crippen LogP contribution in [0.3, 0.4) is 0 Å². The number of carbonyl (C=O) groups is 1. The summed E-state index contributed by atoms with van der Waals surface area (Å²) in [4.78, 5) is 10.9. The van der Waals surface area contributed by atoms with Crippen molar-refractivity contribution in [3.05, 3.63) is 47.5 Å². The zero-order valence-corrected chi connectivity index (χ0v) is 9.72. The first-order valence-corrected chi connectivity index (χ1v) is 5.42. The maximum atomic E-state index is 12.8. The Hall–Kier alpha value is -1.97. The molecule has 0 radical (unpaired) electrons. The van der Waals surface area contributed by atoms with Gasteiger partial charge in [0.15, 0.2) is 6.29 Å². The molecule has 0 saturated heterocycles. The Kier molecular flexibility index (Phi) is 3.04. The van der Waals surface area contributed by atoms with E-state index in [1.165, 1.54) is 12.1 Å². The normalized spacial score (nSPS) is 10.8. The van der Waals surface area contributed by atoms with Gasteiger partial charge in [-0.1, -0.05) is 13.8 Å². The third-order valence-electron chi connectivity index (χ3n) is 2.54. The number of rotatable bonds is 3. The molecule has 88 valence electrons. The average molecular weight is 232 g/mol. The summed E-state index contributed by atoms with van der Waals surface area (Å²) in [6.07, 6.45) is 2.46. The predicted octanol–water partition coefficient (Wildman–Crippen LogP) is 2.95. The van der Waals surface area contributed by atoms with Crippen molar-refractivity contribution in [1.82, 2.24) is 9.78 Å². The molecule has 1 aromatic heterocycles. The number of aldehydes is 1. The second-order valence-electron chi connectivity index (χ2n) is 4.16. The van der Waals surface area contributed by atoms with E-state index in [2.05, 4.69) is 5.10 Å². The average Bonchev–Trinajstić information content (AvgIpc) is 2.74. The molecule has 0 spiro atoms. The van der Waals surface area contributed by atoms with Crippen LogP contribution < -0.4 is 0 Å². The van der Waals surface area contributed by atoms with Crippen molar-refractivity contribution in [2.24, 2.45) is 0 Å². The maximum Gasteiger partial charge on any atom is 0.153 e. The van der Waals surface area contributed by atoms with Gasteiger partial charge in [-0.2, -0.15) is 5.10 Å². The summed E-state index contributed by atoms with van der Waals surface area (Å²) in [5, 5.41) is 4.34. The Bertz CT molecular complexity index is 529. The summed E-state index contributed by atoms with van der Waals surface area (Å²) in [6.45, 7) is 3.95. The van der Waals surface area contributed by atoms with Crippen LogP contribution >= 0.6 is 0 Å². The molecule has 0 bridgehead atoms. The van der Waals surface area contributed by atoms with E-state index in [4.69, 9.17) is 0 Å². The van der Waals surface area contributed by atoms with Gasteiger partial charge in [0, 0.05) is 6.20 Å². The van der Waals surface area contributed by atoms with Crippen molar-refractivity contribution in [2.45, 2.75) is 19.8 Å². The van der Waals surface area contributed by atoms with Crippen molar-refractivity contribution in [2.75, 3.05) is 0 Å². The van der Waals surface area contributed by atoms with Crippen LogP contribution in [0.15, 0.2) is 30.5 Å². The molecular weight excluding hydrogens is 219 g/mol. The molecule has 17 heavy (non-hydrogen) atoms. The van der Waals surface area contributed by atoms with Crippen LogP contribution in [0.4, 0.5) is 4.39 Å². The van der Waals surface area contributed by atoms with Crippen LogP contribution in [0, 0.1) is 5.82 Å². The molecule has 1 heterocycles. The maximum absolute atomic E-state index is 12.8. The van der Waals surface area contributed by atoms with Gasteiger partial charge in [-0.3, -0.25) is 4.79 Å². The Morgan fingerprint density at radius 3 is 2.41 bits per heavy atom. The van der Waals surface area contributed by atoms with Gasteiger partial charge in [0.25, 0.3) is 0 Å². The molecule has 0 saturated carbocycles. The fourth-order valence-electron chi connectivity index (χ4n) is 1.67. The Labute approximate surface area is 98.9 Å². The molecule has 0 fully saturated rings. The van der Waals surface area contributed by atoms with E-state index in [1.807, 2.05) is 13.8 Å². The first-order chi connectivity index (χ1) is 8.11. The highest BCUT2D eigenvalue weighted by atomic mass is 19.1. The van der Waals surface area contributed by atoms with Crippen molar-refractivity contribution < 1.29 is 9.18 Å². The molecule has 0 aliphatic heterocycles. The third kappa shape index (κ3) is 2.25. The predicted molar refractivity (Wildman–Crippen MR) is 63.0 cm³/mol. The van der Waals surface area contributed by atoms with Crippen LogP contribution in [0.5, 0.6) is 0 Å². The topological polar surface area (TPSA) is 34.9 Å². The Morgan fingerprint density at radius 1 is 1.29 bits per heavy atom. The van der Waals surface area contributed by atoms with Crippen LogP contribution in [0.25, 0.3) is 5.69 Å². The van der Waals surface area contributed by atoms with E-state index in [0.717, 1.165) is 17.7 Å². The second-order valence-corrected chi connectivity index (χ2v) is 4.16. The molecule has 3 nitrogen and oxygen atoms in total. The quantitative estimate of drug-likeness (QED) is 0.762. The van der Waals surface area contributed by atoms with Crippen LogP contribution in [-0.2, 0) is 0 Å². The Balaban J connectivity index is 2.46. The molecular formula is C13H13FN2O. The van der Waals surface area contributed by atoms with E-state index in [-0.39, 0.29) is 11.7 Å². The van der Waals surface area contributed by atoms with E-state index < -0.39 is 0 Å². The third-order valence-corrected chi connectivity index (χ3v) is 2.54. The molecule has 0 aliphatic carbocycles. The standard InChI is InChI=1S/C13H13FN2O/c1-9(2)13-10(8-17)7-16(15-13)12-5-3-11(14)4-6-12/h3-9H,1-2H3. The number of halogens is 1. The van der Waals surface area contributed by atoms with Gasteiger partial charge in [-0.15, -0.1) is 0 Å². The highest BCUT2D eigenvalue weighted by molar-refractivity contribution is 5.76. The molecule has 0 amide bonds. The number of hydrogen-bond donors (Lipinski definition) is 0. The minimum Gasteiger partial charge on any atom is -0.298 e. The number of carbonyl (C=O) groups excluding carboxylic acids is 1. The van der Waals surface area contributed by atoms with Crippen LogP contribution in [0.2, 0.25) is 0 Å². The lowest BCUT2D eigenvalue weighted by atomic mass is 10.1. The highest BCUT2D eigenvalue weighted by Crippen LogP contribution is 2.18. The molecule has 0 atom stereocenters. The summed E-state index contributed by atoms with van der Waals surface area (Å²) in [7, 11) is 0. The first kappa shape index (κ1) is 11.5. The largest absolute Gasteiger partial charge is 0.298 e. The van der Waals surface area contributed by atoms with Gasteiger partial charge in [-0.05, 0) is 30.2 Å². The van der Waals surface area contributed by atoms with Crippen molar-refractivity contribution in [3.63, 3.8) is 0 Å². The van der Waals surface area contributed by atoms with Gasteiger partial charge in [-0.25, -0.2) is 9.07 Å². The highest BCUT2D eigenvalue weighted by Gasteiger charge is 2.12. The first-order valence-electron chi connectivity index (χ1n) is 5.42. The molecule has 4 heteroatoms. The molecule has 2 aromatic rings. The van der Waals surface area contributed by atoms with Crippen molar-refractivity contribution in [3.8, 4) is 5.69 Å². The van der Waals surface area contributed by atoms with Gasteiger partial charge in [0.05, 0.1) is 16.9 Å². The zero-order valence-electron chi connectivity index (χ0n) is 9.72. The number of hydrogen-bond acceptors (Lipinski definition) is 2. The molecule has 0 N–H and O–H groups in total. The van der Waals surface area contributed by atoms with Crippen molar-refractivity contribution in [1.29, 1.82) is 0 Å². The van der Waals surface area contributed by atoms with E-state index in [9.17, 15) is 9.18 Å². The summed E-state index contributed by atoms with van der Waals surface area (Å²) >= 11 is 0. The van der Waals surface area contributed by atoms with E-state index >= 15 is 0 Å². The lowest BCUT2D eigenvalue weighted by Gasteiger charge is -2.01. The lowest BCUT2D eigenvalue weighted by molar-refractivity contribution is 0.112. The van der Waals surface area contributed by atoms with Crippen LogP contribution in [-0.4, -0.2) is 16.1 Å². The summed E-state index contributed by atoms with van der Waals surface area (Å²) in [6, 6.07) is 5.99. The summed E-state index contributed by atoms with van der Waals surface area (Å²) in [5.74, 6) is -0.113. The zero-order chi connectivity index (χ0) is 12.4. The van der Waals surface area contributed by atoms with Gasteiger partial charge in [0.2, 0.25) is 0 Å². The van der Waals surface area contributed by atoms with E-state index in [0.29, 0.717) is 5.56 Å². The molecule has 2 rings (SSSR count). The fourth-order valence-corrected chi connectivity index (χ4v) is 1.67. The molecule has 1 aromatic carbocycles. The number of aromatic nitrogens is 2. The van der Waals surface area contributed by atoms with Gasteiger partial charge < -0.3 is 0 Å². The van der Waals surface area contributed by atoms with E-state index in [1.54, 1.807) is 23.0 Å². The summed E-state index contributed by atoms with van der Waals surface area (Å²) < 4.78 is 14.4. The minimum absolute atomic E-state index is 0.178. The fraction of sp³-hybridized carbons (Fsp3) is 0.231. The van der Waals surface area contributed by atoms with Gasteiger partial charge in [0.1, 0.15) is 5.82 Å². The SMILES string of the molecule is CC(C)c1nn(-c2ccc(F)cc2)cc1C=O. The second kappa shape index (κ2) is 4.49. The smallest absolute Gasteiger partial charge is 0.153 e.